The van der Waals surface area contributed by atoms with Crippen molar-refractivity contribution in [2.24, 2.45) is 0 Å². The Labute approximate surface area is 394 Å². The van der Waals surface area contributed by atoms with Crippen LogP contribution in [0, 0.1) is 0 Å². The minimum atomic E-state index is -10.7. The summed E-state index contributed by atoms with van der Waals surface area (Å²) < 4.78 is 118. The van der Waals surface area contributed by atoms with Crippen molar-refractivity contribution in [2.45, 2.75) is 0 Å². The summed E-state index contributed by atoms with van der Waals surface area (Å²) in [5.74, 6) is 1.60. The largest absolute Gasteiger partial charge is 2.00 e. The molecule has 0 spiro atoms. The van der Waals surface area contributed by atoms with Crippen molar-refractivity contribution >= 4 is 37.7 Å². The number of benzene rings is 2. The predicted octanol–water partition coefficient (Wildman–Crippen LogP) is 16.3. The third kappa shape index (κ3) is 17.2. The van der Waals surface area contributed by atoms with Crippen LogP contribution in [0.25, 0.3) is 90.4 Å². The van der Waals surface area contributed by atoms with Crippen LogP contribution >= 0.6 is 15.6 Å². The maximum absolute atomic E-state index is 10.7. The van der Waals surface area contributed by atoms with Crippen LogP contribution in [-0.4, -0.2) is 49.8 Å². The SMILES string of the molecule is F[P-](F)(F)(F)(F)F.F[P-](F)(F)(F)(F)F.[Ru+2].c1ccc(-c2cc(-c3nc4ccccc4[nH]3)cc(-c3ccccn3)n2)nc1.c1ccc(-c2cc(-c3nc4ccccc4[nH]3)cc(-c3ccccn3)n2)nc1. The van der Waals surface area contributed by atoms with E-state index in [0.29, 0.717) is 0 Å². The summed E-state index contributed by atoms with van der Waals surface area (Å²) in [4.78, 5) is 43.6. The van der Waals surface area contributed by atoms with Gasteiger partial charge in [-0.2, -0.15) is 0 Å². The van der Waals surface area contributed by atoms with Crippen LogP contribution in [0.3, 0.4) is 0 Å². The fourth-order valence-corrected chi connectivity index (χ4v) is 6.10. The van der Waals surface area contributed by atoms with Crippen molar-refractivity contribution in [3.8, 4) is 68.3 Å². The Morgan fingerprint density at radius 1 is 0.304 bits per heavy atom. The van der Waals surface area contributed by atoms with Crippen molar-refractivity contribution in [2.75, 3.05) is 0 Å². The molecule has 0 saturated carbocycles. The number of nitrogens with zero attached hydrogens (tertiary/aromatic N) is 8. The predicted molar refractivity (Wildman–Crippen MR) is 239 cm³/mol. The topological polar surface area (TPSA) is 135 Å². The molecule has 10 aromatic rings. The fraction of sp³-hybridized carbons (Fsp3) is 0. The minimum absolute atomic E-state index is 0. The summed E-state index contributed by atoms with van der Waals surface area (Å²) >= 11 is 0. The summed E-state index contributed by atoms with van der Waals surface area (Å²) in [7, 11) is -21.3. The molecule has 0 aliphatic carbocycles. The Morgan fingerprint density at radius 2 is 0.551 bits per heavy atom. The van der Waals surface area contributed by atoms with Crippen LogP contribution in [0.15, 0.2) is 170 Å². The molecule has 0 saturated heterocycles. The number of para-hydroxylation sites is 4. The molecular formula is C44H30F12N10P2Ru. The van der Waals surface area contributed by atoms with E-state index in [0.717, 1.165) is 90.4 Å². The number of imidazole rings is 2. The Kier molecular flexibility index (Phi) is 13.7. The van der Waals surface area contributed by atoms with Crippen LogP contribution in [0.1, 0.15) is 0 Å². The number of H-pyrrole nitrogens is 2. The molecule has 0 aliphatic rings. The molecule has 358 valence electrons. The van der Waals surface area contributed by atoms with Crippen molar-refractivity contribution in [3.63, 3.8) is 0 Å². The fourth-order valence-electron chi connectivity index (χ4n) is 6.10. The van der Waals surface area contributed by atoms with Crippen LogP contribution in [-0.2, 0) is 19.5 Å². The maximum atomic E-state index is 9.87. The molecule has 25 heteroatoms. The third-order valence-electron chi connectivity index (χ3n) is 8.69. The zero-order valence-corrected chi connectivity index (χ0v) is 38.1. The molecular weight excluding hydrogens is 1060 g/mol. The van der Waals surface area contributed by atoms with E-state index in [9.17, 15) is 50.4 Å². The van der Waals surface area contributed by atoms with Gasteiger partial charge in [0.2, 0.25) is 0 Å². The third-order valence-corrected chi connectivity index (χ3v) is 8.69. The van der Waals surface area contributed by atoms with Gasteiger partial charge in [-0.1, -0.05) is 48.5 Å². The number of aromatic amines is 2. The standard InChI is InChI=1S/2C22H15N5.2F6P.Ru/c2*1-2-10-19-18(9-1)26-22(27-19)15-13-20(16-7-3-5-11-23-16)25-21(14-15)17-8-4-6-12-24-17;2*1-7(2,3,4,5)6;/h2*1-14H,(H,26,27);;;/q;;2*-1;+2. The van der Waals surface area contributed by atoms with Gasteiger partial charge < -0.3 is 9.97 Å². The molecule has 0 radical (unpaired) electrons. The Bertz CT molecular complexity index is 2910. The molecule has 2 aromatic carbocycles. The summed E-state index contributed by atoms with van der Waals surface area (Å²) in [5.41, 5.74) is 12.2. The van der Waals surface area contributed by atoms with E-state index in [-0.39, 0.29) is 19.5 Å². The minimum Gasteiger partial charge on any atom is -0.338 e. The van der Waals surface area contributed by atoms with E-state index < -0.39 is 15.6 Å². The van der Waals surface area contributed by atoms with Crippen molar-refractivity contribution in [3.05, 3.63) is 170 Å². The second-order valence-corrected chi connectivity index (χ2v) is 18.1. The summed E-state index contributed by atoms with van der Waals surface area (Å²) in [6.07, 6.45) is 7.08. The van der Waals surface area contributed by atoms with E-state index >= 15 is 0 Å². The van der Waals surface area contributed by atoms with Gasteiger partial charge in [0.15, 0.2) is 0 Å². The molecule has 8 heterocycles. The zero-order valence-electron chi connectivity index (χ0n) is 34.5. The molecule has 0 amide bonds. The molecule has 10 rings (SSSR count). The Morgan fingerprint density at radius 3 is 0.783 bits per heavy atom. The first-order valence-corrected chi connectivity index (χ1v) is 23.4. The molecule has 0 atom stereocenters. The Hall–Kier alpha value is -7.08. The number of pyridine rings is 6. The molecule has 0 bridgehead atoms. The molecule has 10 nitrogen and oxygen atoms in total. The molecule has 2 N–H and O–H groups in total. The van der Waals surface area contributed by atoms with Gasteiger partial charge >= 0.3 is 85.5 Å². The van der Waals surface area contributed by atoms with E-state index in [1.807, 2.05) is 146 Å². The van der Waals surface area contributed by atoms with Crippen LogP contribution in [0.4, 0.5) is 50.4 Å². The van der Waals surface area contributed by atoms with E-state index in [1.54, 1.807) is 24.8 Å². The molecule has 0 fully saturated rings. The van der Waals surface area contributed by atoms with E-state index in [4.69, 9.17) is 19.9 Å². The molecule has 0 unspecified atom stereocenters. The average Bonchev–Trinajstić information content (AvgIpc) is 3.94. The summed E-state index contributed by atoms with van der Waals surface area (Å²) in [5, 5.41) is 0. The van der Waals surface area contributed by atoms with Gasteiger partial charge in [-0.05, 0) is 97.1 Å². The number of halogens is 12. The first kappa shape index (κ1) is 51.3. The number of nitrogens with one attached hydrogen (secondary N) is 2. The van der Waals surface area contributed by atoms with Gasteiger partial charge in [0.25, 0.3) is 0 Å². The maximum Gasteiger partial charge on any atom is 2.00 e. The number of hydrogen-bond donors (Lipinski definition) is 2. The average molecular weight is 1090 g/mol. The van der Waals surface area contributed by atoms with Gasteiger partial charge in [-0.25, -0.2) is 19.9 Å². The number of aromatic nitrogens is 10. The van der Waals surface area contributed by atoms with Crippen LogP contribution < -0.4 is 0 Å². The Balaban J connectivity index is 0.000000177. The smallest absolute Gasteiger partial charge is 0.338 e. The van der Waals surface area contributed by atoms with Crippen LogP contribution in [0.5, 0.6) is 0 Å². The van der Waals surface area contributed by atoms with Gasteiger partial charge in [0, 0.05) is 35.9 Å². The van der Waals surface area contributed by atoms with Crippen molar-refractivity contribution in [1.82, 2.24) is 49.8 Å². The monoisotopic (exact) mass is 1090 g/mol. The number of fused-ring (bicyclic) bond motifs is 2. The molecule has 8 aromatic heterocycles. The molecule has 69 heavy (non-hydrogen) atoms. The van der Waals surface area contributed by atoms with Gasteiger partial charge in [-0.3, -0.25) is 19.9 Å². The summed E-state index contributed by atoms with van der Waals surface area (Å²) in [6.45, 7) is 0. The first-order valence-electron chi connectivity index (χ1n) is 19.4. The summed E-state index contributed by atoms with van der Waals surface area (Å²) in [6, 6.07) is 47.2. The second kappa shape index (κ2) is 18.4. The molecule has 0 aliphatic heterocycles. The normalized spacial score (nSPS) is 13.3. The van der Waals surface area contributed by atoms with Gasteiger partial charge in [-0.15, -0.1) is 0 Å². The second-order valence-electron chi connectivity index (χ2n) is 14.2. The quantitative estimate of drug-likeness (QED) is 0.0955. The van der Waals surface area contributed by atoms with Gasteiger partial charge in [0.1, 0.15) is 11.6 Å². The number of hydrogen-bond acceptors (Lipinski definition) is 8. The van der Waals surface area contributed by atoms with Crippen LogP contribution in [0.2, 0.25) is 0 Å². The first-order chi connectivity index (χ1) is 31.6. The van der Waals surface area contributed by atoms with Gasteiger partial charge in [0.05, 0.1) is 67.6 Å². The van der Waals surface area contributed by atoms with Crippen molar-refractivity contribution < 1.29 is 69.8 Å². The van der Waals surface area contributed by atoms with E-state index in [2.05, 4.69) is 29.9 Å². The number of rotatable bonds is 6. The van der Waals surface area contributed by atoms with E-state index in [1.165, 1.54) is 0 Å². The van der Waals surface area contributed by atoms with Crippen molar-refractivity contribution in [1.29, 1.82) is 0 Å². The zero-order chi connectivity index (χ0) is 48.9.